The molecule has 100 valence electrons. The number of hydrogen-bond acceptors (Lipinski definition) is 4. The highest BCUT2D eigenvalue weighted by Gasteiger charge is 2.18. The zero-order chi connectivity index (χ0) is 13.2. The van der Waals surface area contributed by atoms with E-state index in [9.17, 15) is 0 Å². The van der Waals surface area contributed by atoms with Crippen LogP contribution in [0.1, 0.15) is 28.8 Å². The van der Waals surface area contributed by atoms with Gasteiger partial charge >= 0.3 is 0 Å². The third-order valence-electron chi connectivity index (χ3n) is 3.67. The van der Waals surface area contributed by atoms with Gasteiger partial charge in [0, 0.05) is 30.7 Å². The molecule has 2 N–H and O–H groups in total. The Morgan fingerprint density at radius 3 is 3.11 bits per heavy atom. The molecule has 1 aliphatic heterocycles. The standard InChI is InChI=1S/C15H19N3S/c1-2-15-17-12(10-19-15)9-18-7-6-13-11(8-18)4-3-5-14(13)16/h3-5,10H,2,6-9,16H2,1H3. The van der Waals surface area contributed by atoms with Gasteiger partial charge in [0.05, 0.1) is 10.7 Å². The number of hydrogen-bond donors (Lipinski definition) is 1. The molecule has 0 aliphatic carbocycles. The molecule has 1 aromatic carbocycles. The normalized spacial score (nSPS) is 15.4. The van der Waals surface area contributed by atoms with E-state index in [2.05, 4.69) is 34.3 Å². The van der Waals surface area contributed by atoms with Gasteiger partial charge in [0.2, 0.25) is 0 Å². The van der Waals surface area contributed by atoms with E-state index in [1.54, 1.807) is 11.3 Å². The first-order chi connectivity index (χ1) is 9.26. The number of nitrogens with zero attached hydrogens (tertiary/aromatic N) is 2. The quantitative estimate of drug-likeness (QED) is 0.874. The minimum absolute atomic E-state index is 0.944. The number of aryl methyl sites for hydroxylation is 1. The lowest BCUT2D eigenvalue weighted by Gasteiger charge is -2.28. The third kappa shape index (κ3) is 2.65. The zero-order valence-electron chi connectivity index (χ0n) is 11.2. The molecule has 0 saturated carbocycles. The minimum atomic E-state index is 0.944. The Morgan fingerprint density at radius 1 is 1.42 bits per heavy atom. The van der Waals surface area contributed by atoms with E-state index in [1.165, 1.54) is 21.8 Å². The molecular formula is C15H19N3S. The average molecular weight is 273 g/mol. The van der Waals surface area contributed by atoms with Crippen molar-refractivity contribution in [3.8, 4) is 0 Å². The maximum atomic E-state index is 6.03. The lowest BCUT2D eigenvalue weighted by atomic mass is 9.98. The van der Waals surface area contributed by atoms with Crippen molar-refractivity contribution in [3.63, 3.8) is 0 Å². The lowest BCUT2D eigenvalue weighted by Crippen LogP contribution is -2.30. The molecule has 0 unspecified atom stereocenters. The van der Waals surface area contributed by atoms with Gasteiger partial charge in [-0.2, -0.15) is 0 Å². The van der Waals surface area contributed by atoms with Crippen molar-refractivity contribution in [2.24, 2.45) is 0 Å². The number of rotatable bonds is 3. The van der Waals surface area contributed by atoms with E-state index in [1.807, 2.05) is 6.07 Å². The molecule has 0 radical (unpaired) electrons. The third-order valence-corrected chi connectivity index (χ3v) is 4.71. The highest BCUT2D eigenvalue weighted by atomic mass is 32.1. The van der Waals surface area contributed by atoms with Crippen molar-refractivity contribution < 1.29 is 0 Å². The summed E-state index contributed by atoms with van der Waals surface area (Å²) in [5.74, 6) is 0. The molecule has 19 heavy (non-hydrogen) atoms. The molecule has 2 heterocycles. The summed E-state index contributed by atoms with van der Waals surface area (Å²) in [6, 6.07) is 6.24. The summed E-state index contributed by atoms with van der Waals surface area (Å²) in [7, 11) is 0. The number of aromatic nitrogens is 1. The smallest absolute Gasteiger partial charge is 0.0926 e. The summed E-state index contributed by atoms with van der Waals surface area (Å²) in [5, 5.41) is 3.42. The fourth-order valence-electron chi connectivity index (χ4n) is 2.65. The molecule has 0 fully saturated rings. The van der Waals surface area contributed by atoms with Gasteiger partial charge in [-0.1, -0.05) is 19.1 Å². The lowest BCUT2D eigenvalue weighted by molar-refractivity contribution is 0.243. The van der Waals surface area contributed by atoms with E-state index >= 15 is 0 Å². The van der Waals surface area contributed by atoms with Crippen LogP contribution in [0.2, 0.25) is 0 Å². The Labute approximate surface area is 118 Å². The SMILES string of the molecule is CCc1nc(CN2CCc3c(N)cccc3C2)cs1. The van der Waals surface area contributed by atoms with Crippen LogP contribution in [0.5, 0.6) is 0 Å². The van der Waals surface area contributed by atoms with Crippen molar-refractivity contribution in [3.05, 3.63) is 45.4 Å². The maximum absolute atomic E-state index is 6.03. The number of anilines is 1. The second-order valence-electron chi connectivity index (χ2n) is 5.03. The Hall–Kier alpha value is -1.39. The first-order valence-electron chi connectivity index (χ1n) is 6.78. The number of nitrogens with two attached hydrogens (primary N) is 1. The molecule has 0 saturated heterocycles. The molecule has 3 rings (SSSR count). The van der Waals surface area contributed by atoms with Crippen LogP contribution >= 0.6 is 11.3 Å². The van der Waals surface area contributed by atoms with Gasteiger partial charge in [-0.05, 0) is 30.0 Å². The number of benzene rings is 1. The molecule has 0 amide bonds. The van der Waals surface area contributed by atoms with Gasteiger partial charge in [0.25, 0.3) is 0 Å². The first kappa shape index (κ1) is 12.6. The predicted molar refractivity (Wildman–Crippen MR) is 80.2 cm³/mol. The Bertz CT molecular complexity index is 577. The summed E-state index contributed by atoms with van der Waals surface area (Å²) >= 11 is 1.77. The van der Waals surface area contributed by atoms with Gasteiger partial charge in [-0.15, -0.1) is 11.3 Å². The summed E-state index contributed by atoms with van der Waals surface area (Å²) in [4.78, 5) is 7.10. The fourth-order valence-corrected chi connectivity index (χ4v) is 3.38. The number of thiazole rings is 1. The maximum Gasteiger partial charge on any atom is 0.0926 e. The second kappa shape index (κ2) is 5.31. The van der Waals surface area contributed by atoms with Crippen molar-refractivity contribution in [2.45, 2.75) is 32.9 Å². The van der Waals surface area contributed by atoms with E-state index in [-0.39, 0.29) is 0 Å². The molecule has 1 aliphatic rings. The van der Waals surface area contributed by atoms with Gasteiger partial charge in [-0.25, -0.2) is 4.98 Å². The van der Waals surface area contributed by atoms with Gasteiger partial charge in [0.1, 0.15) is 0 Å². The van der Waals surface area contributed by atoms with Crippen LogP contribution in [0.25, 0.3) is 0 Å². The predicted octanol–water partition coefficient (Wildman–Crippen LogP) is 2.85. The van der Waals surface area contributed by atoms with Gasteiger partial charge in [-0.3, -0.25) is 4.90 Å². The van der Waals surface area contributed by atoms with Crippen molar-refractivity contribution in [2.75, 3.05) is 12.3 Å². The summed E-state index contributed by atoms with van der Waals surface area (Å²) in [5.41, 5.74) is 10.9. The van der Waals surface area contributed by atoms with E-state index in [0.717, 1.165) is 38.2 Å². The Kier molecular flexibility index (Phi) is 3.53. The Morgan fingerprint density at radius 2 is 2.32 bits per heavy atom. The van der Waals surface area contributed by atoms with E-state index in [0.29, 0.717) is 0 Å². The first-order valence-corrected chi connectivity index (χ1v) is 7.66. The van der Waals surface area contributed by atoms with Crippen molar-refractivity contribution in [1.82, 2.24) is 9.88 Å². The van der Waals surface area contributed by atoms with Crippen LogP contribution in [-0.2, 0) is 25.9 Å². The fraction of sp³-hybridized carbons (Fsp3) is 0.400. The monoisotopic (exact) mass is 273 g/mol. The summed E-state index contributed by atoms with van der Waals surface area (Å²) in [6.45, 7) is 5.16. The van der Waals surface area contributed by atoms with Crippen LogP contribution in [0, 0.1) is 0 Å². The second-order valence-corrected chi connectivity index (χ2v) is 5.97. The Balaban J connectivity index is 1.72. The van der Waals surface area contributed by atoms with Gasteiger partial charge < -0.3 is 5.73 Å². The molecule has 1 aromatic heterocycles. The number of nitrogen functional groups attached to an aromatic ring is 1. The molecule has 0 spiro atoms. The molecule has 0 atom stereocenters. The average Bonchev–Trinajstić information content (AvgIpc) is 2.86. The van der Waals surface area contributed by atoms with Crippen LogP contribution in [-0.4, -0.2) is 16.4 Å². The summed E-state index contributed by atoms with van der Waals surface area (Å²) in [6.07, 6.45) is 2.08. The summed E-state index contributed by atoms with van der Waals surface area (Å²) < 4.78 is 0. The van der Waals surface area contributed by atoms with Gasteiger partial charge in [0.15, 0.2) is 0 Å². The highest BCUT2D eigenvalue weighted by Crippen LogP contribution is 2.25. The largest absolute Gasteiger partial charge is 0.398 e. The minimum Gasteiger partial charge on any atom is -0.398 e. The van der Waals surface area contributed by atoms with Crippen molar-refractivity contribution >= 4 is 17.0 Å². The molecule has 3 nitrogen and oxygen atoms in total. The van der Waals surface area contributed by atoms with Crippen LogP contribution in [0.15, 0.2) is 23.6 Å². The van der Waals surface area contributed by atoms with Crippen LogP contribution < -0.4 is 5.73 Å². The molecule has 2 aromatic rings. The molecule has 0 bridgehead atoms. The molecular weight excluding hydrogens is 254 g/mol. The van der Waals surface area contributed by atoms with Crippen LogP contribution in [0.4, 0.5) is 5.69 Å². The zero-order valence-corrected chi connectivity index (χ0v) is 12.0. The van der Waals surface area contributed by atoms with Crippen molar-refractivity contribution in [1.29, 1.82) is 0 Å². The van der Waals surface area contributed by atoms with E-state index < -0.39 is 0 Å². The van der Waals surface area contributed by atoms with Crippen LogP contribution in [0.3, 0.4) is 0 Å². The topological polar surface area (TPSA) is 42.2 Å². The molecule has 4 heteroatoms. The van der Waals surface area contributed by atoms with E-state index in [4.69, 9.17) is 5.73 Å². The number of fused-ring (bicyclic) bond motifs is 1. The highest BCUT2D eigenvalue weighted by molar-refractivity contribution is 7.09.